The van der Waals surface area contributed by atoms with Gasteiger partial charge in [0.2, 0.25) is 0 Å². The van der Waals surface area contributed by atoms with Crippen LogP contribution in [-0.4, -0.2) is 45.7 Å². The Balaban J connectivity index is 0. The summed E-state index contributed by atoms with van der Waals surface area (Å²) in [5.74, 6) is -0.0722. The first-order valence-corrected chi connectivity index (χ1v) is 8.12. The van der Waals surface area contributed by atoms with Crippen LogP contribution in [0.15, 0.2) is 18.2 Å². The average Bonchev–Trinajstić information content (AvgIpc) is 2.44. The highest BCUT2D eigenvalue weighted by atomic mass is 35.5. The number of quaternary nitrogens is 2. The Kier molecular flexibility index (Phi) is 14.3. The van der Waals surface area contributed by atoms with Crippen molar-refractivity contribution in [1.82, 2.24) is 0 Å². The number of likely N-dealkylation sites (N-methyl/N-ethyl adjacent to an activating group) is 2. The predicted molar refractivity (Wildman–Crippen MR) is 88.6 cm³/mol. The van der Waals surface area contributed by atoms with Gasteiger partial charge in [-0.05, 0) is 26.0 Å². The Morgan fingerprint density at radius 1 is 1.09 bits per heavy atom. The van der Waals surface area contributed by atoms with Crippen molar-refractivity contribution in [2.24, 2.45) is 0 Å². The second-order valence-corrected chi connectivity index (χ2v) is 6.05. The minimum absolute atomic E-state index is 0. The van der Waals surface area contributed by atoms with Gasteiger partial charge < -0.3 is 39.9 Å². The monoisotopic (exact) mass is 403 g/mol. The number of halogens is 4. The lowest BCUT2D eigenvalue weighted by atomic mass is 10.3. The smallest absolute Gasteiger partial charge is 0.279 e. The first-order chi connectivity index (χ1) is 9.97. The second kappa shape index (κ2) is 13.1. The third-order valence-corrected chi connectivity index (χ3v) is 4.22. The van der Waals surface area contributed by atoms with Gasteiger partial charge >= 0.3 is 0 Å². The number of amides is 1. The average molecular weight is 405 g/mol. The van der Waals surface area contributed by atoms with Crippen molar-refractivity contribution in [1.29, 1.82) is 0 Å². The molecule has 3 N–H and O–H groups in total. The van der Waals surface area contributed by atoms with E-state index in [0.29, 0.717) is 22.3 Å². The van der Waals surface area contributed by atoms with Crippen LogP contribution in [0.4, 0.5) is 5.69 Å². The van der Waals surface area contributed by atoms with Gasteiger partial charge in [0.05, 0.1) is 35.9 Å². The molecule has 0 spiro atoms. The van der Waals surface area contributed by atoms with Crippen LogP contribution in [-0.2, 0) is 4.79 Å². The molecule has 0 aromatic heterocycles. The summed E-state index contributed by atoms with van der Waals surface area (Å²) in [6.45, 7) is 9.03. The normalized spacial score (nSPS) is 11.4. The van der Waals surface area contributed by atoms with E-state index in [4.69, 9.17) is 23.2 Å². The molecular formula is C15H25Cl4N3O. The van der Waals surface area contributed by atoms with Gasteiger partial charge in [0.15, 0.2) is 6.54 Å². The largest absolute Gasteiger partial charge is 1.00 e. The first kappa shape index (κ1) is 25.0. The molecule has 0 radical (unpaired) electrons. The molecule has 0 aliphatic heterocycles. The molecule has 1 unspecified atom stereocenters. The number of hydrogen-bond donors (Lipinski definition) is 3. The van der Waals surface area contributed by atoms with Gasteiger partial charge in [-0.25, -0.2) is 0 Å². The van der Waals surface area contributed by atoms with E-state index in [1.807, 2.05) is 7.05 Å². The van der Waals surface area contributed by atoms with Gasteiger partial charge in [0.1, 0.15) is 13.1 Å². The highest BCUT2D eigenvalue weighted by molar-refractivity contribution is 6.39. The van der Waals surface area contributed by atoms with Crippen LogP contribution in [0.1, 0.15) is 13.8 Å². The molecular weight excluding hydrogens is 380 g/mol. The van der Waals surface area contributed by atoms with E-state index < -0.39 is 0 Å². The molecule has 1 atom stereocenters. The fourth-order valence-corrected chi connectivity index (χ4v) is 2.65. The first-order valence-electron chi connectivity index (χ1n) is 7.36. The molecule has 0 aliphatic rings. The summed E-state index contributed by atoms with van der Waals surface area (Å²) >= 11 is 12.1. The van der Waals surface area contributed by atoms with Crippen molar-refractivity contribution in [2.75, 3.05) is 45.1 Å². The quantitative estimate of drug-likeness (QED) is 0.397. The summed E-state index contributed by atoms with van der Waals surface area (Å²) in [5, 5.41) is 3.71. The zero-order chi connectivity index (χ0) is 15.8. The Bertz CT molecular complexity index is 450. The number of carbonyl (C=O) groups is 1. The zero-order valence-corrected chi connectivity index (χ0v) is 16.7. The number of anilines is 1. The van der Waals surface area contributed by atoms with Crippen molar-refractivity contribution in [3.05, 3.63) is 28.2 Å². The maximum atomic E-state index is 12.1. The lowest BCUT2D eigenvalue weighted by Gasteiger charge is -2.19. The van der Waals surface area contributed by atoms with Crippen molar-refractivity contribution in [2.45, 2.75) is 13.8 Å². The molecule has 0 bridgehead atoms. The predicted octanol–water partition coefficient (Wildman–Crippen LogP) is -5.62. The molecule has 1 aromatic carbocycles. The summed E-state index contributed by atoms with van der Waals surface area (Å²) in [4.78, 5) is 14.8. The van der Waals surface area contributed by atoms with E-state index >= 15 is 0 Å². The highest BCUT2D eigenvalue weighted by Gasteiger charge is 2.15. The fraction of sp³-hybridized carbons (Fsp3) is 0.533. The van der Waals surface area contributed by atoms with E-state index in [-0.39, 0.29) is 30.7 Å². The molecule has 0 aliphatic carbocycles. The molecule has 0 fully saturated rings. The molecule has 0 saturated carbocycles. The van der Waals surface area contributed by atoms with Gasteiger partial charge in [-0.15, -0.1) is 0 Å². The lowest BCUT2D eigenvalue weighted by Crippen LogP contribution is -3.19. The third kappa shape index (κ3) is 8.99. The summed E-state index contributed by atoms with van der Waals surface area (Å²) < 4.78 is 0. The summed E-state index contributed by atoms with van der Waals surface area (Å²) in [6, 6.07) is 5.18. The minimum Gasteiger partial charge on any atom is -1.00 e. The van der Waals surface area contributed by atoms with Crippen LogP contribution in [0, 0.1) is 0 Å². The highest BCUT2D eigenvalue weighted by Crippen LogP contribution is 2.29. The molecule has 0 saturated heterocycles. The summed E-state index contributed by atoms with van der Waals surface area (Å²) in [5.41, 5.74) is 0.494. The molecule has 1 rings (SSSR count). The van der Waals surface area contributed by atoms with Gasteiger partial charge in [-0.1, -0.05) is 29.3 Å². The topological polar surface area (TPSA) is 38.0 Å². The standard InChI is InChI=1S/C15H23Cl2N3O.2ClH/c1-4-20(5-2)10-9-19(3)11-14(21)18-15-12(16)7-6-8-13(15)17;;/h6-8H,4-5,9-11H2,1-3H3,(H,18,21);2*1H. The maximum absolute atomic E-state index is 12.1. The number of benzene rings is 1. The van der Waals surface area contributed by atoms with Crippen LogP contribution >= 0.6 is 23.2 Å². The van der Waals surface area contributed by atoms with E-state index in [2.05, 4.69) is 19.2 Å². The molecule has 8 heteroatoms. The van der Waals surface area contributed by atoms with Gasteiger partial charge in [-0.3, -0.25) is 4.79 Å². The number of hydrogen-bond acceptors (Lipinski definition) is 1. The van der Waals surface area contributed by atoms with Crippen molar-refractivity contribution in [3.8, 4) is 0 Å². The third-order valence-electron chi connectivity index (χ3n) is 3.59. The maximum Gasteiger partial charge on any atom is 0.279 e. The molecule has 4 nitrogen and oxygen atoms in total. The van der Waals surface area contributed by atoms with E-state index in [9.17, 15) is 4.79 Å². The number of para-hydroxylation sites is 1. The molecule has 0 heterocycles. The summed E-state index contributed by atoms with van der Waals surface area (Å²) in [7, 11) is 2.02. The van der Waals surface area contributed by atoms with Gasteiger partial charge in [0.25, 0.3) is 5.91 Å². The molecule has 1 amide bonds. The van der Waals surface area contributed by atoms with Crippen molar-refractivity contribution < 1.29 is 39.4 Å². The van der Waals surface area contributed by atoms with E-state index in [1.165, 1.54) is 4.90 Å². The van der Waals surface area contributed by atoms with Crippen LogP contribution in [0.5, 0.6) is 0 Å². The van der Waals surface area contributed by atoms with E-state index in [0.717, 1.165) is 26.2 Å². The SMILES string of the molecule is CC[NH+](CC)CC[NH+](C)CC(=O)Nc1c(Cl)cccc1Cl.[Cl-].[Cl-]. The summed E-state index contributed by atoms with van der Waals surface area (Å²) in [6.07, 6.45) is 0. The Morgan fingerprint density at radius 3 is 2.09 bits per heavy atom. The van der Waals surface area contributed by atoms with Crippen molar-refractivity contribution in [3.63, 3.8) is 0 Å². The lowest BCUT2D eigenvalue weighted by molar-refractivity contribution is -0.943. The number of carbonyl (C=O) groups excluding carboxylic acids is 1. The Labute approximate surface area is 161 Å². The van der Waals surface area contributed by atoms with Crippen molar-refractivity contribution >= 4 is 34.8 Å². The van der Waals surface area contributed by atoms with Crippen LogP contribution in [0.25, 0.3) is 0 Å². The zero-order valence-electron chi connectivity index (χ0n) is 13.7. The van der Waals surface area contributed by atoms with Gasteiger partial charge in [0, 0.05) is 0 Å². The second-order valence-electron chi connectivity index (χ2n) is 5.24. The van der Waals surface area contributed by atoms with Gasteiger partial charge in [-0.2, -0.15) is 0 Å². The van der Waals surface area contributed by atoms with Crippen LogP contribution in [0.3, 0.4) is 0 Å². The molecule has 23 heavy (non-hydrogen) atoms. The Hall–Kier alpha value is -0.230. The Morgan fingerprint density at radius 2 is 1.61 bits per heavy atom. The molecule has 134 valence electrons. The van der Waals surface area contributed by atoms with E-state index in [1.54, 1.807) is 23.1 Å². The molecule has 1 aromatic rings. The van der Waals surface area contributed by atoms with Crippen LogP contribution in [0.2, 0.25) is 10.0 Å². The number of rotatable bonds is 8. The van der Waals surface area contributed by atoms with Crippen LogP contribution < -0.4 is 39.9 Å². The minimum atomic E-state index is -0.0722. The number of nitrogens with one attached hydrogen (secondary N) is 3. The fourth-order valence-electron chi connectivity index (χ4n) is 2.16.